The van der Waals surface area contributed by atoms with Gasteiger partial charge in [-0.3, -0.25) is 0 Å². The van der Waals surface area contributed by atoms with E-state index in [-0.39, 0.29) is 22.8 Å². The molecule has 1 heterocycles. The van der Waals surface area contributed by atoms with Crippen LogP contribution in [0.15, 0.2) is 36.4 Å². The summed E-state index contributed by atoms with van der Waals surface area (Å²) >= 11 is 0. The van der Waals surface area contributed by atoms with E-state index in [2.05, 4.69) is 0 Å². The summed E-state index contributed by atoms with van der Waals surface area (Å²) in [6.07, 6.45) is -3.40. The van der Waals surface area contributed by atoms with Crippen LogP contribution in [0.3, 0.4) is 0 Å². The number of aliphatic hydroxyl groups excluding tert-OH is 2. The third kappa shape index (κ3) is 2.32. The summed E-state index contributed by atoms with van der Waals surface area (Å²) in [6, 6.07) is 9.24. The monoisotopic (exact) mass is 304 g/mol. The number of fused-ring (bicyclic) bond motifs is 1. The van der Waals surface area contributed by atoms with Gasteiger partial charge in [0.1, 0.15) is 35.2 Å². The van der Waals surface area contributed by atoms with E-state index in [1.807, 2.05) is 0 Å². The van der Waals surface area contributed by atoms with Gasteiger partial charge in [-0.25, -0.2) is 0 Å². The fourth-order valence-electron chi connectivity index (χ4n) is 2.59. The summed E-state index contributed by atoms with van der Waals surface area (Å²) in [7, 11) is 1.55. The molecule has 3 atom stereocenters. The fourth-order valence-corrected chi connectivity index (χ4v) is 2.59. The van der Waals surface area contributed by atoms with Crippen LogP contribution in [0, 0.1) is 0 Å². The summed E-state index contributed by atoms with van der Waals surface area (Å²) in [5.74, 6) is 0.282. The molecule has 0 fully saturated rings. The smallest absolute Gasteiger partial charge is 0.152 e. The van der Waals surface area contributed by atoms with Crippen LogP contribution in [0.4, 0.5) is 0 Å². The van der Waals surface area contributed by atoms with Crippen molar-refractivity contribution in [3.05, 3.63) is 47.5 Å². The first-order valence-corrected chi connectivity index (χ1v) is 6.74. The first kappa shape index (κ1) is 14.5. The van der Waals surface area contributed by atoms with Gasteiger partial charge in [0.15, 0.2) is 6.10 Å². The van der Waals surface area contributed by atoms with Crippen molar-refractivity contribution in [1.82, 2.24) is 0 Å². The Hall–Kier alpha value is -2.44. The van der Waals surface area contributed by atoms with Gasteiger partial charge in [0.05, 0.1) is 12.7 Å². The molecule has 0 bridgehead atoms. The molecular weight excluding hydrogens is 288 g/mol. The molecule has 116 valence electrons. The maximum absolute atomic E-state index is 10.3. The number of aromatic hydroxyl groups is 2. The Morgan fingerprint density at radius 3 is 2.36 bits per heavy atom. The molecule has 6 heteroatoms. The minimum atomic E-state index is -1.32. The Balaban J connectivity index is 2.00. The summed E-state index contributed by atoms with van der Waals surface area (Å²) in [6.45, 7) is 0. The van der Waals surface area contributed by atoms with E-state index in [0.717, 1.165) is 6.07 Å². The molecule has 1 aliphatic heterocycles. The van der Waals surface area contributed by atoms with E-state index in [1.165, 1.54) is 6.07 Å². The number of benzene rings is 2. The third-order valence-corrected chi connectivity index (χ3v) is 3.73. The number of hydrogen-bond donors (Lipinski definition) is 4. The van der Waals surface area contributed by atoms with Crippen LogP contribution >= 0.6 is 0 Å². The Kier molecular flexibility index (Phi) is 3.56. The predicted molar refractivity (Wildman–Crippen MR) is 77.1 cm³/mol. The zero-order valence-corrected chi connectivity index (χ0v) is 11.8. The number of methoxy groups -OCH3 is 1. The number of rotatable bonds is 2. The first-order chi connectivity index (χ1) is 10.5. The van der Waals surface area contributed by atoms with Crippen LogP contribution in [0.1, 0.15) is 23.3 Å². The van der Waals surface area contributed by atoms with Gasteiger partial charge in [-0.1, -0.05) is 12.1 Å². The van der Waals surface area contributed by atoms with E-state index in [9.17, 15) is 20.4 Å². The van der Waals surface area contributed by atoms with Crippen molar-refractivity contribution in [3.8, 4) is 23.0 Å². The van der Waals surface area contributed by atoms with Gasteiger partial charge in [-0.2, -0.15) is 0 Å². The summed E-state index contributed by atoms with van der Waals surface area (Å²) in [5, 5.41) is 39.9. The lowest BCUT2D eigenvalue weighted by Crippen LogP contribution is -2.34. The zero-order chi connectivity index (χ0) is 15.9. The van der Waals surface area contributed by atoms with E-state index in [4.69, 9.17) is 9.47 Å². The molecule has 3 unspecified atom stereocenters. The van der Waals surface area contributed by atoms with Gasteiger partial charge in [-0.15, -0.1) is 0 Å². The summed E-state index contributed by atoms with van der Waals surface area (Å²) in [4.78, 5) is 0. The molecule has 0 amide bonds. The van der Waals surface area contributed by atoms with Crippen LogP contribution in [-0.2, 0) is 0 Å². The highest BCUT2D eigenvalue weighted by Gasteiger charge is 2.39. The molecule has 0 spiro atoms. The molecule has 6 nitrogen and oxygen atoms in total. The molecule has 0 aromatic heterocycles. The molecule has 0 saturated carbocycles. The van der Waals surface area contributed by atoms with Gasteiger partial charge < -0.3 is 29.9 Å². The second-order valence-electron chi connectivity index (χ2n) is 5.12. The summed E-state index contributed by atoms with van der Waals surface area (Å²) < 4.78 is 10.7. The van der Waals surface area contributed by atoms with Crippen LogP contribution in [0.5, 0.6) is 23.0 Å². The highest BCUT2D eigenvalue weighted by molar-refractivity contribution is 5.52. The standard InChI is InChI=1S/C16H16O6/c1-21-10-4-2-8(3-5-10)16-15(20)14(19)13-11(18)6-9(17)7-12(13)22-16/h2-7,14-20H,1H3. The average Bonchev–Trinajstić information content (AvgIpc) is 2.50. The van der Waals surface area contributed by atoms with E-state index < -0.39 is 18.3 Å². The molecule has 2 aromatic carbocycles. The van der Waals surface area contributed by atoms with Crippen molar-refractivity contribution in [1.29, 1.82) is 0 Å². The molecule has 0 radical (unpaired) electrons. The largest absolute Gasteiger partial charge is 0.508 e. The van der Waals surface area contributed by atoms with Crippen LogP contribution in [-0.4, -0.2) is 33.6 Å². The average molecular weight is 304 g/mol. The van der Waals surface area contributed by atoms with Crippen LogP contribution < -0.4 is 9.47 Å². The Bertz CT molecular complexity index is 682. The van der Waals surface area contributed by atoms with Crippen molar-refractivity contribution >= 4 is 0 Å². The summed E-state index contributed by atoms with van der Waals surface area (Å²) in [5.41, 5.74) is 0.705. The molecule has 22 heavy (non-hydrogen) atoms. The normalized spacial score (nSPS) is 23.5. The molecule has 2 aromatic rings. The number of ether oxygens (including phenoxy) is 2. The lowest BCUT2D eigenvalue weighted by Gasteiger charge is -2.34. The number of hydrogen-bond acceptors (Lipinski definition) is 6. The van der Waals surface area contributed by atoms with Crippen molar-refractivity contribution in [2.45, 2.75) is 18.3 Å². The minimum Gasteiger partial charge on any atom is -0.508 e. The Morgan fingerprint density at radius 1 is 1.05 bits per heavy atom. The number of aliphatic hydroxyl groups is 2. The zero-order valence-electron chi connectivity index (χ0n) is 11.8. The van der Waals surface area contributed by atoms with Crippen molar-refractivity contribution in [3.63, 3.8) is 0 Å². The van der Waals surface area contributed by atoms with Gasteiger partial charge in [0.2, 0.25) is 0 Å². The van der Waals surface area contributed by atoms with Crippen molar-refractivity contribution in [2.75, 3.05) is 7.11 Å². The van der Waals surface area contributed by atoms with E-state index >= 15 is 0 Å². The molecular formula is C16H16O6. The van der Waals surface area contributed by atoms with Crippen molar-refractivity contribution < 1.29 is 29.9 Å². The van der Waals surface area contributed by atoms with Crippen LogP contribution in [0.25, 0.3) is 0 Å². The first-order valence-electron chi connectivity index (χ1n) is 6.74. The fraction of sp³-hybridized carbons (Fsp3) is 0.250. The van der Waals surface area contributed by atoms with E-state index in [0.29, 0.717) is 11.3 Å². The van der Waals surface area contributed by atoms with Gasteiger partial charge in [0.25, 0.3) is 0 Å². The molecule has 1 aliphatic rings. The lowest BCUT2D eigenvalue weighted by molar-refractivity contribution is -0.0710. The molecule has 0 saturated heterocycles. The van der Waals surface area contributed by atoms with Crippen LogP contribution in [0.2, 0.25) is 0 Å². The maximum Gasteiger partial charge on any atom is 0.152 e. The molecule has 4 N–H and O–H groups in total. The maximum atomic E-state index is 10.3. The predicted octanol–water partition coefficient (Wildman–Crippen LogP) is 1.63. The molecule has 0 aliphatic carbocycles. The highest BCUT2D eigenvalue weighted by atomic mass is 16.5. The second kappa shape index (κ2) is 5.40. The third-order valence-electron chi connectivity index (χ3n) is 3.73. The number of phenolic OH excluding ortho intramolecular Hbond substituents is 2. The van der Waals surface area contributed by atoms with Gasteiger partial charge in [0, 0.05) is 12.1 Å². The number of phenols is 2. The topological polar surface area (TPSA) is 99.4 Å². The molecule has 3 rings (SSSR count). The highest BCUT2D eigenvalue weighted by Crippen LogP contribution is 2.46. The van der Waals surface area contributed by atoms with Gasteiger partial charge >= 0.3 is 0 Å². The Morgan fingerprint density at radius 2 is 1.73 bits per heavy atom. The lowest BCUT2D eigenvalue weighted by atomic mass is 9.91. The minimum absolute atomic E-state index is 0.0649. The van der Waals surface area contributed by atoms with Gasteiger partial charge in [-0.05, 0) is 17.7 Å². The van der Waals surface area contributed by atoms with E-state index in [1.54, 1.807) is 31.4 Å². The Labute approximate surface area is 126 Å². The second-order valence-corrected chi connectivity index (χ2v) is 5.12. The van der Waals surface area contributed by atoms with Crippen molar-refractivity contribution in [2.24, 2.45) is 0 Å². The SMILES string of the molecule is COc1ccc(C2Oc3cc(O)cc(O)c3C(O)C2O)cc1. The quantitative estimate of drug-likeness (QED) is 0.673.